The summed E-state index contributed by atoms with van der Waals surface area (Å²) < 4.78 is 70.8. The van der Waals surface area contributed by atoms with Crippen molar-refractivity contribution in [2.45, 2.75) is 49.5 Å². The van der Waals surface area contributed by atoms with Crippen LogP contribution in [0.3, 0.4) is 0 Å². The third-order valence-electron chi connectivity index (χ3n) is 6.81. The highest BCUT2D eigenvalue weighted by molar-refractivity contribution is 7.97. The normalized spacial score (nSPS) is 13.8. The molecule has 12 heteroatoms. The SMILES string of the molecule is O=C(NO)c1ccc(N(Cc2ccc(C3CCCCC3)cc2)C(=O)CNSc2c(F)c(F)c(F)c(F)c2F)cc1. The molecular formula is C28H26F5N3O3S. The summed E-state index contributed by atoms with van der Waals surface area (Å²) in [7, 11) is 0. The molecule has 1 fully saturated rings. The van der Waals surface area contributed by atoms with Gasteiger partial charge in [0.15, 0.2) is 23.3 Å². The zero-order valence-electron chi connectivity index (χ0n) is 21.2. The number of anilines is 1. The van der Waals surface area contributed by atoms with E-state index in [1.807, 2.05) is 24.3 Å². The first kappa shape index (κ1) is 29.5. The van der Waals surface area contributed by atoms with Gasteiger partial charge >= 0.3 is 0 Å². The lowest BCUT2D eigenvalue weighted by Crippen LogP contribution is -2.36. The molecule has 1 aliphatic carbocycles. The van der Waals surface area contributed by atoms with Crippen molar-refractivity contribution < 1.29 is 36.7 Å². The molecule has 0 saturated heterocycles. The van der Waals surface area contributed by atoms with Gasteiger partial charge in [-0.05, 0) is 66.1 Å². The molecule has 6 nitrogen and oxygen atoms in total. The van der Waals surface area contributed by atoms with Crippen molar-refractivity contribution in [1.29, 1.82) is 0 Å². The van der Waals surface area contributed by atoms with Crippen molar-refractivity contribution in [2.75, 3.05) is 11.4 Å². The van der Waals surface area contributed by atoms with E-state index in [1.54, 1.807) is 0 Å². The van der Waals surface area contributed by atoms with E-state index in [-0.39, 0.29) is 24.1 Å². The van der Waals surface area contributed by atoms with E-state index in [4.69, 9.17) is 5.21 Å². The predicted molar refractivity (Wildman–Crippen MR) is 139 cm³/mol. The molecule has 0 aromatic heterocycles. The summed E-state index contributed by atoms with van der Waals surface area (Å²) in [5.74, 6) is -11.3. The Hall–Kier alpha value is -3.48. The number of amides is 2. The number of hydrogen-bond acceptors (Lipinski definition) is 5. The summed E-state index contributed by atoms with van der Waals surface area (Å²) >= 11 is 0.110. The van der Waals surface area contributed by atoms with Crippen LogP contribution in [-0.4, -0.2) is 23.6 Å². The maximum atomic E-state index is 14.0. The van der Waals surface area contributed by atoms with Crippen LogP contribution in [-0.2, 0) is 11.3 Å². The number of nitrogens with zero attached hydrogens (tertiary/aromatic N) is 1. The Morgan fingerprint density at radius 2 is 1.40 bits per heavy atom. The molecule has 40 heavy (non-hydrogen) atoms. The molecular weight excluding hydrogens is 553 g/mol. The van der Waals surface area contributed by atoms with E-state index >= 15 is 0 Å². The Morgan fingerprint density at radius 1 is 0.825 bits per heavy atom. The number of carbonyl (C=O) groups excluding carboxylic acids is 2. The molecule has 4 rings (SSSR count). The Morgan fingerprint density at radius 3 is 1.98 bits per heavy atom. The van der Waals surface area contributed by atoms with Crippen LogP contribution in [0.25, 0.3) is 0 Å². The van der Waals surface area contributed by atoms with Crippen LogP contribution in [0.2, 0.25) is 0 Å². The predicted octanol–water partition coefficient (Wildman–Crippen LogP) is 6.38. The quantitative estimate of drug-likeness (QED) is 0.0685. The Balaban J connectivity index is 1.52. The average Bonchev–Trinajstić information content (AvgIpc) is 3.00. The number of halogens is 5. The van der Waals surface area contributed by atoms with Gasteiger partial charge in [0.2, 0.25) is 11.7 Å². The van der Waals surface area contributed by atoms with E-state index in [1.165, 1.54) is 59.5 Å². The Labute approximate surface area is 231 Å². The molecule has 0 radical (unpaired) electrons. The molecule has 0 unspecified atom stereocenters. The Kier molecular flexibility index (Phi) is 9.77. The highest BCUT2D eigenvalue weighted by atomic mass is 32.2. The van der Waals surface area contributed by atoms with Crippen LogP contribution in [0.5, 0.6) is 0 Å². The summed E-state index contributed by atoms with van der Waals surface area (Å²) in [5.41, 5.74) is 4.04. The zero-order chi connectivity index (χ0) is 28.8. The van der Waals surface area contributed by atoms with Gasteiger partial charge in [0, 0.05) is 11.3 Å². The van der Waals surface area contributed by atoms with Gasteiger partial charge in [0.25, 0.3) is 5.91 Å². The minimum Gasteiger partial charge on any atom is -0.307 e. The standard InChI is InChI=1S/C28H26F5N3O3S/c29-22-23(30)25(32)27(26(33)24(22)31)40-34-14-21(37)36(20-12-10-19(11-13-20)28(38)35-39)15-16-6-8-18(9-7-16)17-4-2-1-3-5-17/h6-13,17,34,39H,1-5,14-15H2,(H,35,38). The second-order valence-corrected chi connectivity index (χ2v) is 10.3. The van der Waals surface area contributed by atoms with E-state index in [0.717, 1.165) is 18.4 Å². The number of nitrogens with one attached hydrogen (secondary N) is 2. The fourth-order valence-corrected chi connectivity index (χ4v) is 5.33. The second-order valence-electron chi connectivity index (χ2n) is 9.37. The number of hydroxylamine groups is 1. The lowest BCUT2D eigenvalue weighted by atomic mass is 9.84. The fourth-order valence-electron chi connectivity index (χ4n) is 4.63. The summed E-state index contributed by atoms with van der Waals surface area (Å²) in [6, 6.07) is 13.6. The largest absolute Gasteiger partial charge is 0.307 e. The molecule has 0 atom stereocenters. The zero-order valence-corrected chi connectivity index (χ0v) is 22.0. The summed E-state index contributed by atoms with van der Waals surface area (Å²) in [4.78, 5) is 25.1. The average molecular weight is 580 g/mol. The number of hydrogen-bond donors (Lipinski definition) is 3. The maximum Gasteiger partial charge on any atom is 0.274 e. The molecule has 3 N–H and O–H groups in total. The van der Waals surface area contributed by atoms with Gasteiger partial charge in [-0.15, -0.1) is 0 Å². The van der Waals surface area contributed by atoms with Crippen LogP contribution in [0.4, 0.5) is 27.6 Å². The van der Waals surface area contributed by atoms with E-state index in [0.29, 0.717) is 11.6 Å². The van der Waals surface area contributed by atoms with Crippen LogP contribution in [0.1, 0.15) is 59.5 Å². The first-order valence-electron chi connectivity index (χ1n) is 12.6. The third kappa shape index (κ3) is 6.62. The highest BCUT2D eigenvalue weighted by Gasteiger charge is 2.27. The lowest BCUT2D eigenvalue weighted by molar-refractivity contribution is -0.117. The molecule has 3 aromatic rings. The molecule has 212 valence electrons. The van der Waals surface area contributed by atoms with Crippen molar-refractivity contribution >= 4 is 29.4 Å². The van der Waals surface area contributed by atoms with Crippen molar-refractivity contribution in [1.82, 2.24) is 10.2 Å². The molecule has 1 saturated carbocycles. The molecule has 0 spiro atoms. The number of carbonyl (C=O) groups is 2. The van der Waals surface area contributed by atoms with Crippen LogP contribution < -0.4 is 15.1 Å². The van der Waals surface area contributed by atoms with E-state index in [9.17, 15) is 31.5 Å². The van der Waals surface area contributed by atoms with Crippen LogP contribution >= 0.6 is 11.9 Å². The fraction of sp³-hybridized carbons (Fsp3) is 0.286. The lowest BCUT2D eigenvalue weighted by Gasteiger charge is -2.25. The number of rotatable bonds is 9. The van der Waals surface area contributed by atoms with Crippen molar-refractivity contribution in [3.8, 4) is 0 Å². The van der Waals surface area contributed by atoms with Gasteiger partial charge < -0.3 is 4.90 Å². The molecule has 0 aliphatic heterocycles. The van der Waals surface area contributed by atoms with Crippen LogP contribution in [0, 0.1) is 29.1 Å². The van der Waals surface area contributed by atoms with Gasteiger partial charge in [0.05, 0.1) is 13.1 Å². The van der Waals surface area contributed by atoms with E-state index in [2.05, 4.69) is 4.72 Å². The van der Waals surface area contributed by atoms with Crippen LogP contribution in [0.15, 0.2) is 53.4 Å². The summed E-state index contributed by atoms with van der Waals surface area (Å²) in [6.45, 7) is -0.423. The summed E-state index contributed by atoms with van der Waals surface area (Å²) in [6.07, 6.45) is 5.87. The topological polar surface area (TPSA) is 81.7 Å². The minimum absolute atomic E-state index is 0.101. The monoisotopic (exact) mass is 579 g/mol. The van der Waals surface area contributed by atoms with Crippen molar-refractivity contribution in [2.24, 2.45) is 0 Å². The Bertz CT molecular complexity index is 1340. The van der Waals surface area contributed by atoms with Gasteiger partial charge in [-0.25, -0.2) is 27.4 Å². The van der Waals surface area contributed by atoms with E-state index < -0.39 is 52.3 Å². The smallest absolute Gasteiger partial charge is 0.274 e. The maximum absolute atomic E-state index is 14.0. The second kappa shape index (κ2) is 13.2. The third-order valence-corrected chi connectivity index (χ3v) is 7.66. The summed E-state index contributed by atoms with van der Waals surface area (Å²) in [5, 5.41) is 8.85. The van der Waals surface area contributed by atoms with Crippen molar-refractivity contribution in [3.63, 3.8) is 0 Å². The first-order valence-corrected chi connectivity index (χ1v) is 13.4. The molecule has 3 aromatic carbocycles. The molecule has 0 heterocycles. The van der Waals surface area contributed by atoms with Gasteiger partial charge in [-0.1, -0.05) is 43.5 Å². The molecule has 1 aliphatic rings. The van der Waals surface area contributed by atoms with Gasteiger partial charge in [-0.2, -0.15) is 0 Å². The van der Waals surface area contributed by atoms with Crippen molar-refractivity contribution in [3.05, 3.63) is 94.3 Å². The minimum atomic E-state index is -2.27. The highest BCUT2D eigenvalue weighted by Crippen LogP contribution is 2.33. The van der Waals surface area contributed by atoms with Gasteiger partial charge in [-0.3, -0.25) is 19.5 Å². The molecule has 2 amide bonds. The number of benzene rings is 3. The molecule has 0 bridgehead atoms. The van der Waals surface area contributed by atoms with Gasteiger partial charge in [0.1, 0.15) is 4.90 Å². The first-order chi connectivity index (χ1) is 19.2.